The number of nitrogens with one attached hydrogen (secondary N) is 3. The van der Waals surface area contributed by atoms with Gasteiger partial charge in [0.2, 0.25) is 15.9 Å². The van der Waals surface area contributed by atoms with Crippen LogP contribution >= 0.6 is 11.6 Å². The summed E-state index contributed by atoms with van der Waals surface area (Å²) in [6.07, 6.45) is -2.76. The Labute approximate surface area is 189 Å². The molecular formula is C21H23ClF3N3O3S. The standard InChI is InChI=1S/C21H23ClF3N3O3S/c22-18-6-5-15(21(23,24)25)11-17(18)16-3-1-2-4-19(16)32(30,31)28-13-20(29)27-12-14-7-9-26-10-8-14/h1-6,11,14,26,28H,7-10,12-13H2,(H,27,29). The number of benzene rings is 2. The van der Waals surface area contributed by atoms with Crippen LogP contribution in [-0.2, 0) is 21.0 Å². The van der Waals surface area contributed by atoms with Gasteiger partial charge in [-0.3, -0.25) is 4.79 Å². The van der Waals surface area contributed by atoms with Crippen LogP contribution in [0.4, 0.5) is 13.2 Å². The summed E-state index contributed by atoms with van der Waals surface area (Å²) in [7, 11) is -4.20. The molecule has 1 saturated heterocycles. The highest BCUT2D eigenvalue weighted by atomic mass is 35.5. The van der Waals surface area contributed by atoms with Gasteiger partial charge in [-0.2, -0.15) is 13.2 Å². The van der Waals surface area contributed by atoms with E-state index < -0.39 is 34.2 Å². The third kappa shape index (κ3) is 6.22. The fraction of sp³-hybridized carbons (Fsp3) is 0.381. The van der Waals surface area contributed by atoms with Crippen molar-refractivity contribution in [1.29, 1.82) is 0 Å². The zero-order chi connectivity index (χ0) is 23.4. The first kappa shape index (κ1) is 24.5. The minimum Gasteiger partial charge on any atom is -0.355 e. The van der Waals surface area contributed by atoms with Crippen molar-refractivity contribution in [2.75, 3.05) is 26.2 Å². The Morgan fingerprint density at radius 2 is 1.78 bits per heavy atom. The molecule has 0 radical (unpaired) electrons. The molecule has 0 unspecified atom stereocenters. The summed E-state index contributed by atoms with van der Waals surface area (Å²) in [5.41, 5.74) is -1.02. The van der Waals surface area contributed by atoms with E-state index in [9.17, 15) is 26.4 Å². The van der Waals surface area contributed by atoms with Gasteiger partial charge < -0.3 is 10.6 Å². The number of piperidine rings is 1. The van der Waals surface area contributed by atoms with Crippen LogP contribution < -0.4 is 15.4 Å². The summed E-state index contributed by atoms with van der Waals surface area (Å²) in [4.78, 5) is 11.9. The zero-order valence-corrected chi connectivity index (χ0v) is 18.6. The number of hydrogen-bond donors (Lipinski definition) is 3. The maximum Gasteiger partial charge on any atom is 0.416 e. The van der Waals surface area contributed by atoms with Gasteiger partial charge in [0.15, 0.2) is 0 Å². The fourth-order valence-corrected chi connectivity index (χ4v) is 4.90. The van der Waals surface area contributed by atoms with Gasteiger partial charge in [0, 0.05) is 22.7 Å². The molecule has 32 heavy (non-hydrogen) atoms. The molecule has 0 aliphatic carbocycles. The minimum atomic E-state index is -4.61. The minimum absolute atomic E-state index is 0.00575. The van der Waals surface area contributed by atoms with Crippen molar-refractivity contribution < 1.29 is 26.4 Å². The van der Waals surface area contributed by atoms with E-state index in [0.717, 1.165) is 44.1 Å². The van der Waals surface area contributed by atoms with E-state index >= 15 is 0 Å². The van der Waals surface area contributed by atoms with Gasteiger partial charge in [-0.05, 0) is 56.1 Å². The van der Waals surface area contributed by atoms with Crippen LogP contribution in [0.25, 0.3) is 11.1 Å². The Balaban J connectivity index is 1.76. The lowest BCUT2D eigenvalue weighted by Crippen LogP contribution is -2.41. The lowest BCUT2D eigenvalue weighted by atomic mass is 9.98. The van der Waals surface area contributed by atoms with E-state index in [1.165, 1.54) is 24.3 Å². The van der Waals surface area contributed by atoms with Crippen molar-refractivity contribution in [1.82, 2.24) is 15.4 Å². The summed E-state index contributed by atoms with van der Waals surface area (Å²) in [6.45, 7) is 1.72. The fourth-order valence-electron chi connectivity index (χ4n) is 3.48. The van der Waals surface area contributed by atoms with Crippen molar-refractivity contribution in [2.45, 2.75) is 23.9 Å². The Kier molecular flexibility index (Phi) is 7.81. The number of carbonyl (C=O) groups is 1. The molecule has 0 spiro atoms. The quantitative estimate of drug-likeness (QED) is 0.556. The molecule has 0 saturated carbocycles. The SMILES string of the molecule is O=C(CNS(=O)(=O)c1ccccc1-c1cc(C(F)(F)F)ccc1Cl)NCC1CCNCC1. The number of alkyl halides is 3. The maximum atomic E-state index is 13.1. The largest absolute Gasteiger partial charge is 0.416 e. The van der Waals surface area contributed by atoms with Crippen molar-refractivity contribution >= 4 is 27.5 Å². The molecule has 11 heteroatoms. The first-order valence-corrected chi connectivity index (χ1v) is 11.9. The van der Waals surface area contributed by atoms with Gasteiger partial charge in [0.25, 0.3) is 0 Å². The molecular weight excluding hydrogens is 467 g/mol. The normalized spacial score (nSPS) is 15.5. The molecule has 0 aromatic heterocycles. The molecule has 1 aliphatic heterocycles. The van der Waals surface area contributed by atoms with Crippen LogP contribution in [0.5, 0.6) is 0 Å². The summed E-state index contributed by atoms with van der Waals surface area (Å²) in [5.74, 6) is -0.151. The van der Waals surface area contributed by atoms with E-state index in [4.69, 9.17) is 11.6 Å². The summed E-state index contributed by atoms with van der Waals surface area (Å²) in [5, 5.41) is 5.91. The Hall–Kier alpha value is -2.14. The highest BCUT2D eigenvalue weighted by molar-refractivity contribution is 7.89. The Bertz CT molecular complexity index is 1070. The average Bonchev–Trinajstić information content (AvgIpc) is 2.76. The zero-order valence-electron chi connectivity index (χ0n) is 17.0. The average molecular weight is 490 g/mol. The first-order chi connectivity index (χ1) is 15.1. The molecule has 6 nitrogen and oxygen atoms in total. The first-order valence-electron chi connectivity index (χ1n) is 10.0. The number of sulfonamides is 1. The maximum absolute atomic E-state index is 13.1. The molecule has 3 rings (SSSR count). The monoisotopic (exact) mass is 489 g/mol. The molecule has 0 atom stereocenters. The molecule has 174 valence electrons. The summed E-state index contributed by atoms with van der Waals surface area (Å²) in [6, 6.07) is 8.27. The molecule has 2 aromatic carbocycles. The number of halogens is 4. The predicted molar refractivity (Wildman–Crippen MR) is 116 cm³/mol. The van der Waals surface area contributed by atoms with Crippen LogP contribution in [0.3, 0.4) is 0 Å². The second-order valence-corrected chi connectivity index (χ2v) is 9.65. The molecule has 3 N–H and O–H groups in total. The summed E-state index contributed by atoms with van der Waals surface area (Å²) >= 11 is 6.09. The second-order valence-electron chi connectivity index (χ2n) is 7.51. The third-order valence-corrected chi connectivity index (χ3v) is 7.02. The van der Waals surface area contributed by atoms with Crippen molar-refractivity contribution in [2.24, 2.45) is 5.92 Å². The number of rotatable bonds is 7. The van der Waals surface area contributed by atoms with E-state index in [-0.39, 0.29) is 21.0 Å². The Morgan fingerprint density at radius 1 is 1.09 bits per heavy atom. The Morgan fingerprint density at radius 3 is 2.47 bits per heavy atom. The molecule has 1 amide bonds. The molecule has 2 aromatic rings. The lowest BCUT2D eigenvalue weighted by Gasteiger charge is -2.22. The van der Waals surface area contributed by atoms with Crippen molar-refractivity contribution in [3.05, 3.63) is 53.1 Å². The van der Waals surface area contributed by atoms with Crippen LogP contribution in [0.15, 0.2) is 47.4 Å². The third-order valence-electron chi connectivity index (χ3n) is 5.23. The number of carbonyl (C=O) groups excluding carboxylic acids is 1. The van der Waals surface area contributed by atoms with Gasteiger partial charge >= 0.3 is 6.18 Å². The molecule has 1 heterocycles. The van der Waals surface area contributed by atoms with Crippen LogP contribution in [0, 0.1) is 5.92 Å². The van der Waals surface area contributed by atoms with Crippen LogP contribution in [0.1, 0.15) is 18.4 Å². The smallest absolute Gasteiger partial charge is 0.355 e. The van der Waals surface area contributed by atoms with Gasteiger partial charge in [0.1, 0.15) is 0 Å². The highest BCUT2D eigenvalue weighted by Gasteiger charge is 2.32. The predicted octanol–water partition coefficient (Wildman–Crippen LogP) is 3.42. The van der Waals surface area contributed by atoms with Gasteiger partial charge in [0.05, 0.1) is 17.0 Å². The van der Waals surface area contributed by atoms with Crippen LogP contribution in [-0.4, -0.2) is 40.5 Å². The van der Waals surface area contributed by atoms with Gasteiger partial charge in [-0.1, -0.05) is 29.8 Å². The molecule has 0 bridgehead atoms. The van der Waals surface area contributed by atoms with Crippen LogP contribution in [0.2, 0.25) is 5.02 Å². The lowest BCUT2D eigenvalue weighted by molar-refractivity contribution is -0.137. The molecule has 1 fully saturated rings. The van der Waals surface area contributed by atoms with E-state index in [1.807, 2.05) is 0 Å². The van der Waals surface area contributed by atoms with Crippen molar-refractivity contribution in [3.63, 3.8) is 0 Å². The van der Waals surface area contributed by atoms with E-state index in [0.29, 0.717) is 12.5 Å². The van der Waals surface area contributed by atoms with E-state index in [2.05, 4.69) is 15.4 Å². The highest BCUT2D eigenvalue weighted by Crippen LogP contribution is 2.38. The topological polar surface area (TPSA) is 87.3 Å². The van der Waals surface area contributed by atoms with Gasteiger partial charge in [-0.25, -0.2) is 13.1 Å². The number of hydrogen-bond acceptors (Lipinski definition) is 4. The van der Waals surface area contributed by atoms with Gasteiger partial charge in [-0.15, -0.1) is 0 Å². The molecule has 1 aliphatic rings. The van der Waals surface area contributed by atoms with Crippen molar-refractivity contribution in [3.8, 4) is 11.1 Å². The van der Waals surface area contributed by atoms with E-state index in [1.54, 1.807) is 0 Å². The number of amides is 1. The second kappa shape index (κ2) is 10.2. The summed E-state index contributed by atoms with van der Waals surface area (Å²) < 4.78 is 67.4.